The molecule has 0 N–H and O–H groups in total. The Morgan fingerprint density at radius 3 is 2.21 bits per heavy atom. The molecule has 0 saturated heterocycles. The van der Waals surface area contributed by atoms with Crippen molar-refractivity contribution in [2.24, 2.45) is 0 Å². The van der Waals surface area contributed by atoms with Gasteiger partial charge in [-0.25, -0.2) is 0 Å². The zero-order chi connectivity index (χ0) is 16.4. The van der Waals surface area contributed by atoms with Crippen LogP contribution in [0.15, 0.2) is 53.2 Å². The Balaban J connectivity index is 1.60. The first-order valence-electron chi connectivity index (χ1n) is 8.25. The van der Waals surface area contributed by atoms with E-state index >= 15 is 0 Å². The van der Waals surface area contributed by atoms with Gasteiger partial charge >= 0.3 is 0 Å². The number of carbonyl (C=O) groups is 1. The van der Waals surface area contributed by atoms with E-state index in [2.05, 4.69) is 35.0 Å². The topological polar surface area (TPSA) is 20.3 Å². The van der Waals surface area contributed by atoms with E-state index in [1.54, 1.807) is 22.7 Å². The third kappa shape index (κ3) is 3.30. The number of aryl methyl sites for hydroxylation is 2. The standard InChI is InChI=1S/C20H19NOS2/c22-20(17-9-8-15-4-1-5-16(15)12-17)21(13-18-6-2-10-23-18)14-19-7-3-11-24-19/h2-3,6-12H,1,4-5,13-14H2. The second-order valence-corrected chi connectivity index (χ2v) is 8.22. The number of fused-ring (bicyclic) bond motifs is 1. The molecule has 0 saturated carbocycles. The Bertz CT molecular complexity index is 785. The lowest BCUT2D eigenvalue weighted by molar-refractivity contribution is 0.0733. The summed E-state index contributed by atoms with van der Waals surface area (Å²) < 4.78 is 0. The summed E-state index contributed by atoms with van der Waals surface area (Å²) in [5, 5.41) is 4.14. The minimum Gasteiger partial charge on any atom is -0.328 e. The monoisotopic (exact) mass is 353 g/mol. The van der Waals surface area contributed by atoms with Crippen molar-refractivity contribution in [2.75, 3.05) is 0 Å². The van der Waals surface area contributed by atoms with Gasteiger partial charge in [-0.1, -0.05) is 18.2 Å². The third-order valence-corrected chi connectivity index (χ3v) is 6.21. The number of hydrogen-bond donors (Lipinski definition) is 0. The Hall–Kier alpha value is -1.91. The first-order chi connectivity index (χ1) is 11.8. The second kappa shape index (κ2) is 6.91. The van der Waals surface area contributed by atoms with Gasteiger partial charge in [-0.3, -0.25) is 4.79 Å². The number of rotatable bonds is 5. The van der Waals surface area contributed by atoms with Crippen molar-refractivity contribution >= 4 is 28.6 Å². The minimum absolute atomic E-state index is 0.131. The zero-order valence-electron chi connectivity index (χ0n) is 13.4. The van der Waals surface area contributed by atoms with Crippen molar-refractivity contribution < 1.29 is 4.79 Å². The van der Waals surface area contributed by atoms with Gasteiger partial charge in [-0.05, 0) is 65.4 Å². The lowest BCUT2D eigenvalue weighted by Gasteiger charge is -2.22. The number of carbonyl (C=O) groups excluding carboxylic acids is 1. The van der Waals surface area contributed by atoms with Crippen LogP contribution >= 0.6 is 22.7 Å². The maximum Gasteiger partial charge on any atom is 0.254 e. The average molecular weight is 354 g/mol. The molecule has 0 fully saturated rings. The van der Waals surface area contributed by atoms with Crippen LogP contribution in [0.1, 0.15) is 37.7 Å². The van der Waals surface area contributed by atoms with Crippen LogP contribution in [0.2, 0.25) is 0 Å². The fourth-order valence-electron chi connectivity index (χ4n) is 3.27. The van der Waals surface area contributed by atoms with Gasteiger partial charge in [-0.15, -0.1) is 22.7 Å². The van der Waals surface area contributed by atoms with E-state index in [9.17, 15) is 4.79 Å². The van der Waals surface area contributed by atoms with Gasteiger partial charge in [0.05, 0.1) is 13.1 Å². The Labute approximate surface area is 150 Å². The predicted octanol–water partition coefficient (Wildman–Crippen LogP) is 5.14. The Morgan fingerprint density at radius 2 is 1.58 bits per heavy atom. The van der Waals surface area contributed by atoms with E-state index in [-0.39, 0.29) is 5.91 Å². The first kappa shape index (κ1) is 15.6. The summed E-state index contributed by atoms with van der Waals surface area (Å²) in [4.78, 5) is 17.5. The average Bonchev–Trinajstić information content (AvgIpc) is 3.35. The molecule has 2 nitrogen and oxygen atoms in total. The van der Waals surface area contributed by atoms with E-state index in [1.807, 2.05) is 23.1 Å². The summed E-state index contributed by atoms with van der Waals surface area (Å²) in [5.41, 5.74) is 3.59. The Morgan fingerprint density at radius 1 is 0.917 bits per heavy atom. The van der Waals surface area contributed by atoms with Crippen LogP contribution in [0.3, 0.4) is 0 Å². The van der Waals surface area contributed by atoms with Crippen molar-refractivity contribution in [1.29, 1.82) is 0 Å². The molecule has 122 valence electrons. The van der Waals surface area contributed by atoms with Gasteiger partial charge in [0.15, 0.2) is 0 Å². The van der Waals surface area contributed by atoms with Gasteiger partial charge in [0.2, 0.25) is 0 Å². The number of benzene rings is 1. The first-order valence-corrected chi connectivity index (χ1v) is 10.0. The second-order valence-electron chi connectivity index (χ2n) is 6.16. The highest BCUT2D eigenvalue weighted by molar-refractivity contribution is 7.10. The predicted molar refractivity (Wildman–Crippen MR) is 101 cm³/mol. The van der Waals surface area contributed by atoms with Crippen LogP contribution in [0.5, 0.6) is 0 Å². The lowest BCUT2D eigenvalue weighted by Crippen LogP contribution is -2.29. The highest BCUT2D eigenvalue weighted by Gasteiger charge is 2.20. The molecule has 1 aliphatic carbocycles. The van der Waals surface area contributed by atoms with E-state index in [1.165, 1.54) is 27.3 Å². The van der Waals surface area contributed by atoms with Crippen molar-refractivity contribution in [3.05, 3.63) is 79.7 Å². The maximum absolute atomic E-state index is 13.1. The number of hydrogen-bond acceptors (Lipinski definition) is 3. The van der Waals surface area contributed by atoms with Crippen LogP contribution in [0, 0.1) is 0 Å². The fourth-order valence-corrected chi connectivity index (χ4v) is 4.71. The van der Waals surface area contributed by atoms with Crippen LogP contribution in [0.25, 0.3) is 0 Å². The van der Waals surface area contributed by atoms with Crippen molar-refractivity contribution in [3.63, 3.8) is 0 Å². The fraction of sp³-hybridized carbons (Fsp3) is 0.250. The molecule has 4 rings (SSSR count). The molecule has 0 bridgehead atoms. The molecular formula is C20H19NOS2. The van der Waals surface area contributed by atoms with Gasteiger partial charge in [0, 0.05) is 15.3 Å². The number of thiophene rings is 2. The molecule has 2 heterocycles. The van der Waals surface area contributed by atoms with E-state index in [0.29, 0.717) is 13.1 Å². The normalized spacial score (nSPS) is 13.0. The lowest BCUT2D eigenvalue weighted by atomic mass is 10.1. The molecule has 1 aromatic carbocycles. The molecule has 0 atom stereocenters. The minimum atomic E-state index is 0.131. The third-order valence-electron chi connectivity index (χ3n) is 4.49. The molecule has 0 spiro atoms. The molecule has 24 heavy (non-hydrogen) atoms. The smallest absolute Gasteiger partial charge is 0.254 e. The van der Waals surface area contributed by atoms with E-state index < -0.39 is 0 Å². The van der Waals surface area contributed by atoms with Crippen LogP contribution in [-0.4, -0.2) is 10.8 Å². The van der Waals surface area contributed by atoms with Gasteiger partial charge in [-0.2, -0.15) is 0 Å². The maximum atomic E-state index is 13.1. The van der Waals surface area contributed by atoms with Gasteiger partial charge in [0.1, 0.15) is 0 Å². The quantitative estimate of drug-likeness (QED) is 0.622. The molecule has 3 aromatic rings. The SMILES string of the molecule is O=C(c1ccc2c(c1)CCC2)N(Cc1cccs1)Cc1cccs1. The zero-order valence-corrected chi connectivity index (χ0v) is 15.0. The summed E-state index contributed by atoms with van der Waals surface area (Å²) in [6, 6.07) is 14.5. The molecule has 0 aliphatic heterocycles. The van der Waals surface area contributed by atoms with Crippen molar-refractivity contribution in [1.82, 2.24) is 4.90 Å². The van der Waals surface area contributed by atoms with Crippen LogP contribution < -0.4 is 0 Å². The molecule has 0 radical (unpaired) electrons. The summed E-state index contributed by atoms with van der Waals surface area (Å²) in [6.45, 7) is 1.34. The largest absolute Gasteiger partial charge is 0.328 e. The molecule has 2 aromatic heterocycles. The summed E-state index contributed by atoms with van der Waals surface area (Å²) in [7, 11) is 0. The van der Waals surface area contributed by atoms with Crippen LogP contribution in [0.4, 0.5) is 0 Å². The highest BCUT2D eigenvalue weighted by Crippen LogP contribution is 2.25. The summed E-state index contributed by atoms with van der Waals surface area (Å²) >= 11 is 3.41. The van der Waals surface area contributed by atoms with Gasteiger partial charge in [0.25, 0.3) is 5.91 Å². The summed E-state index contributed by atoms with van der Waals surface area (Å²) in [5.74, 6) is 0.131. The molecular weight excluding hydrogens is 334 g/mol. The number of amides is 1. The number of nitrogens with zero attached hydrogens (tertiary/aromatic N) is 1. The van der Waals surface area contributed by atoms with Crippen molar-refractivity contribution in [2.45, 2.75) is 32.4 Å². The molecule has 1 amide bonds. The van der Waals surface area contributed by atoms with E-state index in [4.69, 9.17) is 0 Å². The van der Waals surface area contributed by atoms with Crippen molar-refractivity contribution in [3.8, 4) is 0 Å². The Kier molecular flexibility index (Phi) is 4.50. The van der Waals surface area contributed by atoms with Crippen LogP contribution in [-0.2, 0) is 25.9 Å². The molecule has 1 aliphatic rings. The summed E-state index contributed by atoms with van der Waals surface area (Å²) in [6.07, 6.45) is 3.46. The van der Waals surface area contributed by atoms with E-state index in [0.717, 1.165) is 18.4 Å². The molecule has 0 unspecified atom stereocenters. The van der Waals surface area contributed by atoms with Gasteiger partial charge < -0.3 is 4.90 Å². The highest BCUT2D eigenvalue weighted by atomic mass is 32.1. The molecule has 4 heteroatoms.